The molecule has 27 heavy (non-hydrogen) atoms. The van der Waals surface area contributed by atoms with Crippen LogP contribution < -0.4 is 4.74 Å². The summed E-state index contributed by atoms with van der Waals surface area (Å²) >= 11 is 0. The van der Waals surface area contributed by atoms with Crippen molar-refractivity contribution in [1.29, 1.82) is 0 Å². The highest BCUT2D eigenvalue weighted by Crippen LogP contribution is 2.23. The summed E-state index contributed by atoms with van der Waals surface area (Å²) in [6, 6.07) is 4.03. The molecule has 134 valence electrons. The molecule has 0 aliphatic rings. The lowest BCUT2D eigenvalue weighted by atomic mass is 10.1. The minimum Gasteiger partial charge on any atom is -0.497 e. The number of ketones is 1. The fourth-order valence-electron chi connectivity index (χ4n) is 2.72. The van der Waals surface area contributed by atoms with Crippen molar-refractivity contribution in [1.82, 2.24) is 19.5 Å². The van der Waals surface area contributed by atoms with E-state index in [0.29, 0.717) is 5.52 Å². The van der Waals surface area contributed by atoms with Gasteiger partial charge in [-0.3, -0.25) is 4.79 Å². The van der Waals surface area contributed by atoms with Gasteiger partial charge in [-0.2, -0.15) is 0 Å². The topological polar surface area (TPSA) is 69.9 Å². The summed E-state index contributed by atoms with van der Waals surface area (Å²) in [5.74, 6) is -0.565. The first-order valence-electron chi connectivity index (χ1n) is 10.2. The highest BCUT2D eigenvalue weighted by Gasteiger charge is 2.11. The van der Waals surface area contributed by atoms with Crippen LogP contribution >= 0.6 is 0 Å². The summed E-state index contributed by atoms with van der Waals surface area (Å²) in [4.78, 5) is 25.7. The Balaban J connectivity index is 1.70. The second-order valence-electron chi connectivity index (χ2n) is 5.96. The van der Waals surface area contributed by atoms with Crippen LogP contribution in [-0.2, 0) is 13.5 Å². The standard InChI is InChI=1S/C21H18N4O2/c1-25-13-22-12-19(25)15-3-4-16-11-23-21(24-18(16)9-15)10-20(26)14-5-7-17(27-2)8-6-14/h3-9,11-13H,10H2,1-2H3/i5D,6D,7D,8D. The summed E-state index contributed by atoms with van der Waals surface area (Å²) in [6.45, 7) is 0. The molecule has 0 radical (unpaired) electrons. The minimum absolute atomic E-state index is 0.198. The Hall–Kier alpha value is -3.54. The average Bonchev–Trinajstić information content (AvgIpc) is 3.18. The predicted molar refractivity (Wildman–Crippen MR) is 103 cm³/mol. The molecular weight excluding hydrogens is 340 g/mol. The normalized spacial score (nSPS) is 13.0. The Morgan fingerprint density at radius 3 is 2.74 bits per heavy atom. The van der Waals surface area contributed by atoms with Crippen molar-refractivity contribution in [3.8, 4) is 17.0 Å². The van der Waals surface area contributed by atoms with Gasteiger partial charge in [-0.05, 0) is 30.2 Å². The Kier molecular flexibility index (Phi) is 3.30. The number of hydrogen-bond acceptors (Lipinski definition) is 5. The molecule has 0 spiro atoms. The largest absolute Gasteiger partial charge is 0.497 e. The van der Waals surface area contributed by atoms with E-state index in [-0.39, 0.29) is 23.6 Å². The maximum absolute atomic E-state index is 12.9. The molecule has 0 unspecified atom stereocenters. The Morgan fingerprint density at radius 1 is 1.22 bits per heavy atom. The van der Waals surface area contributed by atoms with Crippen molar-refractivity contribution in [2.45, 2.75) is 6.42 Å². The molecule has 4 aromatic rings. The van der Waals surface area contributed by atoms with Gasteiger partial charge in [0.25, 0.3) is 0 Å². The zero-order chi connectivity index (χ0) is 22.3. The average molecular weight is 362 g/mol. The summed E-state index contributed by atoms with van der Waals surface area (Å²) < 4.78 is 38.9. The van der Waals surface area contributed by atoms with Crippen LogP contribution in [0.2, 0.25) is 0 Å². The SMILES string of the molecule is [2H]c1c([2H])c(C(=O)Cc2ncc3ccc(-c4cncn4C)cc3n2)c([2H])c([2H])c1OC. The molecule has 0 aliphatic heterocycles. The zero-order valence-corrected chi connectivity index (χ0v) is 14.8. The number of benzene rings is 2. The smallest absolute Gasteiger partial charge is 0.170 e. The molecule has 0 fully saturated rings. The molecule has 0 N–H and O–H groups in total. The quantitative estimate of drug-likeness (QED) is 0.509. The molecule has 0 aliphatic carbocycles. The van der Waals surface area contributed by atoms with E-state index in [2.05, 4.69) is 15.0 Å². The first-order valence-corrected chi connectivity index (χ1v) is 8.21. The van der Waals surface area contributed by atoms with Gasteiger partial charge in [0.2, 0.25) is 0 Å². The van der Waals surface area contributed by atoms with Crippen molar-refractivity contribution >= 4 is 16.7 Å². The summed E-state index contributed by atoms with van der Waals surface area (Å²) in [7, 11) is 3.15. The van der Waals surface area contributed by atoms with E-state index in [0.717, 1.165) is 16.6 Å². The number of imidazole rings is 1. The van der Waals surface area contributed by atoms with Crippen molar-refractivity contribution in [3.05, 3.63) is 72.5 Å². The van der Waals surface area contributed by atoms with E-state index in [9.17, 15) is 4.79 Å². The Labute approximate surface area is 162 Å². The predicted octanol–water partition coefficient (Wildman–Crippen LogP) is 3.46. The minimum atomic E-state index is -0.596. The first-order chi connectivity index (χ1) is 14.8. The molecule has 0 bridgehead atoms. The van der Waals surface area contributed by atoms with Crippen LogP contribution in [-0.4, -0.2) is 32.4 Å². The summed E-state index contributed by atoms with van der Waals surface area (Å²) in [6.07, 6.45) is 4.81. The van der Waals surface area contributed by atoms with E-state index < -0.39 is 30.0 Å². The second-order valence-corrected chi connectivity index (χ2v) is 5.96. The van der Waals surface area contributed by atoms with Crippen LogP contribution in [0.3, 0.4) is 0 Å². The van der Waals surface area contributed by atoms with E-state index in [1.807, 2.05) is 29.8 Å². The fourth-order valence-corrected chi connectivity index (χ4v) is 2.72. The number of hydrogen-bond donors (Lipinski definition) is 0. The number of ether oxygens (including phenoxy) is 1. The third-order valence-electron chi connectivity index (χ3n) is 4.15. The number of methoxy groups -OCH3 is 1. The molecular formula is C21H18N4O2. The van der Waals surface area contributed by atoms with Gasteiger partial charge in [0.15, 0.2) is 5.78 Å². The van der Waals surface area contributed by atoms with Gasteiger partial charge in [0.05, 0.1) is 42.7 Å². The van der Waals surface area contributed by atoms with Crippen molar-refractivity contribution in [2.24, 2.45) is 7.05 Å². The monoisotopic (exact) mass is 362 g/mol. The number of Topliss-reactive ketones (excluding diaryl/α,β-unsaturated/α-hetero) is 1. The highest BCUT2D eigenvalue weighted by molar-refractivity contribution is 5.97. The number of nitrogens with zero attached hydrogens (tertiary/aromatic N) is 4. The van der Waals surface area contributed by atoms with Crippen LogP contribution in [0, 0.1) is 0 Å². The van der Waals surface area contributed by atoms with Crippen molar-refractivity contribution in [3.63, 3.8) is 0 Å². The molecule has 0 saturated heterocycles. The van der Waals surface area contributed by atoms with Gasteiger partial charge in [-0.1, -0.05) is 12.1 Å². The van der Waals surface area contributed by atoms with Gasteiger partial charge >= 0.3 is 0 Å². The summed E-state index contributed by atoms with van der Waals surface area (Å²) in [5.41, 5.74) is 2.17. The van der Waals surface area contributed by atoms with E-state index in [1.165, 1.54) is 7.11 Å². The lowest BCUT2D eigenvalue weighted by Crippen LogP contribution is -2.07. The maximum atomic E-state index is 12.9. The second kappa shape index (κ2) is 6.99. The van der Waals surface area contributed by atoms with Gasteiger partial charge in [-0.15, -0.1) is 0 Å². The van der Waals surface area contributed by atoms with Crippen molar-refractivity contribution < 1.29 is 15.0 Å². The van der Waals surface area contributed by atoms with Gasteiger partial charge < -0.3 is 9.30 Å². The molecule has 6 nitrogen and oxygen atoms in total. The van der Waals surface area contributed by atoms with Crippen LogP contribution in [0.5, 0.6) is 5.75 Å². The number of aryl methyl sites for hydroxylation is 1. The molecule has 2 aromatic carbocycles. The third kappa shape index (κ3) is 3.42. The summed E-state index contributed by atoms with van der Waals surface area (Å²) in [5, 5.41) is 0.802. The molecule has 2 heterocycles. The Bertz CT molecular complexity index is 1310. The van der Waals surface area contributed by atoms with Crippen LogP contribution in [0.4, 0.5) is 0 Å². The Morgan fingerprint density at radius 2 is 2.04 bits per heavy atom. The van der Waals surface area contributed by atoms with E-state index in [1.54, 1.807) is 18.7 Å². The van der Waals surface area contributed by atoms with E-state index >= 15 is 0 Å². The number of fused-ring (bicyclic) bond motifs is 1. The van der Waals surface area contributed by atoms with Crippen LogP contribution in [0.1, 0.15) is 21.7 Å². The molecule has 0 atom stereocenters. The molecule has 4 rings (SSSR count). The number of carbonyl (C=O) groups excluding carboxylic acids is 1. The lowest BCUT2D eigenvalue weighted by Gasteiger charge is -2.06. The van der Waals surface area contributed by atoms with Gasteiger partial charge in [0, 0.05) is 29.8 Å². The third-order valence-corrected chi connectivity index (χ3v) is 4.15. The molecule has 0 amide bonds. The fraction of sp³-hybridized carbons (Fsp3) is 0.143. The highest BCUT2D eigenvalue weighted by atomic mass is 16.5. The maximum Gasteiger partial charge on any atom is 0.170 e. The van der Waals surface area contributed by atoms with Crippen LogP contribution in [0.15, 0.2) is 61.1 Å². The number of carbonyl (C=O) groups is 1. The molecule has 0 saturated carbocycles. The van der Waals surface area contributed by atoms with Gasteiger partial charge in [-0.25, -0.2) is 15.0 Å². The number of aromatic nitrogens is 4. The van der Waals surface area contributed by atoms with Crippen molar-refractivity contribution in [2.75, 3.05) is 7.11 Å². The lowest BCUT2D eigenvalue weighted by molar-refractivity contribution is 0.0991. The van der Waals surface area contributed by atoms with Crippen LogP contribution in [0.25, 0.3) is 22.2 Å². The molecule has 6 heteroatoms. The first kappa shape index (κ1) is 12.8. The zero-order valence-electron chi connectivity index (χ0n) is 18.8. The number of rotatable bonds is 5. The molecule has 2 aromatic heterocycles. The van der Waals surface area contributed by atoms with E-state index in [4.69, 9.17) is 10.2 Å². The van der Waals surface area contributed by atoms with Gasteiger partial charge in [0.1, 0.15) is 11.6 Å².